The molecule has 2 amide bonds. The molecule has 1 heterocycles. The molecule has 0 bridgehead atoms. The molecule has 0 aliphatic heterocycles. The number of carbonyl (C=O) groups is 2. The molecule has 0 unspecified atom stereocenters. The molecule has 17 heavy (non-hydrogen) atoms. The molecule has 1 aromatic rings. The van der Waals surface area contributed by atoms with Crippen LogP contribution in [-0.4, -0.2) is 22.8 Å². The highest BCUT2D eigenvalue weighted by molar-refractivity contribution is 7.17. The molecule has 0 fully saturated rings. The summed E-state index contributed by atoms with van der Waals surface area (Å²) in [5.41, 5.74) is 0. The molecular weight excluding hydrogens is 238 g/mol. The van der Waals surface area contributed by atoms with E-state index in [9.17, 15) is 9.59 Å². The fraction of sp³-hybridized carbons (Fsp3) is 0.545. The molecule has 94 valence electrons. The predicted molar refractivity (Wildman–Crippen MR) is 68.2 cm³/mol. The number of nitrogens with one attached hydrogen (secondary N) is 2. The molecule has 0 atom stereocenters. The van der Waals surface area contributed by atoms with Crippen LogP contribution in [0.2, 0.25) is 0 Å². The van der Waals surface area contributed by atoms with Gasteiger partial charge in [0.2, 0.25) is 5.91 Å². The van der Waals surface area contributed by atoms with E-state index in [1.54, 1.807) is 13.8 Å². The molecule has 0 aliphatic rings. The number of hydrogen-bond donors (Lipinski definition) is 2. The Morgan fingerprint density at radius 2 is 1.94 bits per heavy atom. The maximum atomic E-state index is 11.6. The molecular formula is C11H17N3O2S. The fourth-order valence-electron chi connectivity index (χ4n) is 1.02. The third kappa shape index (κ3) is 4.14. The van der Waals surface area contributed by atoms with Crippen LogP contribution in [0.1, 0.15) is 37.4 Å². The van der Waals surface area contributed by atoms with Gasteiger partial charge in [0.25, 0.3) is 5.91 Å². The number of anilines is 1. The van der Waals surface area contributed by atoms with Gasteiger partial charge in [-0.25, -0.2) is 4.98 Å². The lowest BCUT2D eigenvalue weighted by molar-refractivity contribution is -0.118. The number of nitrogens with zero attached hydrogens (tertiary/aromatic N) is 1. The van der Waals surface area contributed by atoms with Gasteiger partial charge in [0.15, 0.2) is 5.13 Å². The summed E-state index contributed by atoms with van der Waals surface area (Å²) in [5, 5.41) is 5.88. The molecule has 1 rings (SSSR count). The molecule has 2 N–H and O–H groups in total. The lowest BCUT2D eigenvalue weighted by atomic mass is 10.2. The van der Waals surface area contributed by atoms with Crippen LogP contribution in [0.4, 0.5) is 5.13 Å². The monoisotopic (exact) mass is 255 g/mol. The highest BCUT2D eigenvalue weighted by Gasteiger charge is 2.14. The lowest BCUT2D eigenvalue weighted by Crippen LogP contribution is -2.29. The van der Waals surface area contributed by atoms with E-state index in [0.29, 0.717) is 10.0 Å². The van der Waals surface area contributed by atoms with Gasteiger partial charge in [-0.15, -0.1) is 0 Å². The molecule has 0 spiro atoms. The molecule has 0 radical (unpaired) electrons. The second-order valence-corrected chi connectivity index (χ2v) is 5.33. The zero-order chi connectivity index (χ0) is 13.0. The van der Waals surface area contributed by atoms with Crippen molar-refractivity contribution in [3.8, 4) is 0 Å². The first-order chi connectivity index (χ1) is 7.90. The molecule has 5 nitrogen and oxygen atoms in total. The van der Waals surface area contributed by atoms with Gasteiger partial charge in [-0.1, -0.05) is 25.2 Å². The maximum Gasteiger partial charge on any atom is 0.263 e. The van der Waals surface area contributed by atoms with Crippen molar-refractivity contribution < 1.29 is 9.59 Å². The van der Waals surface area contributed by atoms with Crippen LogP contribution in [0.3, 0.4) is 0 Å². The number of thiazole rings is 1. The number of amides is 2. The van der Waals surface area contributed by atoms with Crippen LogP contribution >= 0.6 is 11.3 Å². The molecule has 0 saturated carbocycles. The van der Waals surface area contributed by atoms with Crippen molar-refractivity contribution in [3.05, 3.63) is 11.1 Å². The Morgan fingerprint density at radius 3 is 2.47 bits per heavy atom. The Hall–Kier alpha value is -1.43. The van der Waals surface area contributed by atoms with Gasteiger partial charge in [0, 0.05) is 12.0 Å². The van der Waals surface area contributed by atoms with Crippen LogP contribution < -0.4 is 10.6 Å². The normalized spacial score (nSPS) is 10.7. The average Bonchev–Trinajstić information content (AvgIpc) is 2.65. The first-order valence-electron chi connectivity index (χ1n) is 5.47. The highest BCUT2D eigenvalue weighted by atomic mass is 32.1. The quantitative estimate of drug-likeness (QED) is 0.863. The number of carbonyl (C=O) groups excluding carboxylic acids is 2. The Balaban J connectivity index is 2.65. The lowest BCUT2D eigenvalue weighted by Gasteiger charge is -2.05. The molecule has 6 heteroatoms. The highest BCUT2D eigenvalue weighted by Crippen LogP contribution is 2.18. The van der Waals surface area contributed by atoms with Crippen LogP contribution in [-0.2, 0) is 4.79 Å². The smallest absolute Gasteiger partial charge is 0.263 e. The summed E-state index contributed by atoms with van der Waals surface area (Å²) in [5.74, 6) is -0.371. The van der Waals surface area contributed by atoms with Crippen molar-refractivity contribution in [1.82, 2.24) is 10.3 Å². The standard InChI is InChI=1S/C11H17N3O2S/c1-6(2)9(15)14-11-12-5-8(17-11)10(16)13-7(3)4/h5-7H,1-4H3,(H,13,16)(H,12,14,15). The zero-order valence-corrected chi connectivity index (χ0v) is 11.2. The zero-order valence-electron chi connectivity index (χ0n) is 10.4. The van der Waals surface area contributed by atoms with Crippen molar-refractivity contribution in [2.45, 2.75) is 33.7 Å². The van der Waals surface area contributed by atoms with E-state index in [0.717, 1.165) is 0 Å². The minimum Gasteiger partial charge on any atom is -0.349 e. The third-order valence-electron chi connectivity index (χ3n) is 1.90. The fourth-order valence-corrected chi connectivity index (χ4v) is 1.74. The van der Waals surface area contributed by atoms with Gasteiger partial charge < -0.3 is 10.6 Å². The van der Waals surface area contributed by atoms with Crippen molar-refractivity contribution in [3.63, 3.8) is 0 Å². The minimum atomic E-state index is -0.164. The number of aromatic nitrogens is 1. The Labute approximate surface area is 105 Å². The van der Waals surface area contributed by atoms with Gasteiger partial charge >= 0.3 is 0 Å². The minimum absolute atomic E-state index is 0.0818. The number of rotatable bonds is 4. The van der Waals surface area contributed by atoms with E-state index in [2.05, 4.69) is 15.6 Å². The van der Waals surface area contributed by atoms with Crippen LogP contribution in [0.5, 0.6) is 0 Å². The third-order valence-corrected chi connectivity index (χ3v) is 2.82. The summed E-state index contributed by atoms with van der Waals surface area (Å²) in [7, 11) is 0. The average molecular weight is 255 g/mol. The van der Waals surface area contributed by atoms with E-state index < -0.39 is 0 Å². The molecule has 0 aliphatic carbocycles. The first kappa shape index (κ1) is 13.6. The molecule has 0 aromatic carbocycles. The molecule has 0 saturated heterocycles. The Morgan fingerprint density at radius 1 is 1.29 bits per heavy atom. The van der Waals surface area contributed by atoms with Gasteiger partial charge in [0.05, 0.1) is 6.20 Å². The Kier molecular flexibility index (Phi) is 4.62. The van der Waals surface area contributed by atoms with Crippen molar-refractivity contribution in [1.29, 1.82) is 0 Å². The van der Waals surface area contributed by atoms with Gasteiger partial charge in [0.1, 0.15) is 4.88 Å². The van der Waals surface area contributed by atoms with E-state index in [1.165, 1.54) is 17.5 Å². The SMILES string of the molecule is CC(C)NC(=O)c1cnc(NC(=O)C(C)C)s1. The van der Waals surface area contributed by atoms with Crippen molar-refractivity contribution >= 4 is 28.3 Å². The molecule has 1 aromatic heterocycles. The van der Waals surface area contributed by atoms with Crippen LogP contribution in [0.15, 0.2) is 6.20 Å². The first-order valence-corrected chi connectivity index (χ1v) is 6.29. The maximum absolute atomic E-state index is 11.6. The van der Waals surface area contributed by atoms with Gasteiger partial charge in [-0.2, -0.15) is 0 Å². The van der Waals surface area contributed by atoms with E-state index >= 15 is 0 Å². The summed E-state index contributed by atoms with van der Waals surface area (Å²) in [4.78, 5) is 27.5. The topological polar surface area (TPSA) is 71.1 Å². The predicted octanol–water partition coefficient (Wildman–Crippen LogP) is 1.88. The van der Waals surface area contributed by atoms with Crippen LogP contribution in [0.25, 0.3) is 0 Å². The summed E-state index contributed by atoms with van der Waals surface area (Å²) < 4.78 is 0. The van der Waals surface area contributed by atoms with E-state index in [1.807, 2.05) is 13.8 Å². The summed E-state index contributed by atoms with van der Waals surface area (Å²) in [6.45, 7) is 7.38. The second kappa shape index (κ2) is 5.77. The van der Waals surface area contributed by atoms with E-state index in [-0.39, 0.29) is 23.8 Å². The van der Waals surface area contributed by atoms with E-state index in [4.69, 9.17) is 0 Å². The largest absolute Gasteiger partial charge is 0.349 e. The second-order valence-electron chi connectivity index (χ2n) is 4.30. The summed E-state index contributed by atoms with van der Waals surface area (Å²) in [6.07, 6.45) is 1.47. The van der Waals surface area contributed by atoms with Gasteiger partial charge in [-0.05, 0) is 13.8 Å². The summed E-state index contributed by atoms with van der Waals surface area (Å²) >= 11 is 1.17. The van der Waals surface area contributed by atoms with Gasteiger partial charge in [-0.3, -0.25) is 9.59 Å². The summed E-state index contributed by atoms with van der Waals surface area (Å²) in [6, 6.07) is 0.0818. The van der Waals surface area contributed by atoms with Crippen LogP contribution in [0, 0.1) is 5.92 Å². The van der Waals surface area contributed by atoms with Crippen molar-refractivity contribution in [2.75, 3.05) is 5.32 Å². The number of hydrogen-bond acceptors (Lipinski definition) is 4. The van der Waals surface area contributed by atoms with Crippen molar-refractivity contribution in [2.24, 2.45) is 5.92 Å². The Bertz CT molecular complexity index is 413.